The first-order valence-corrected chi connectivity index (χ1v) is 16.0. The summed E-state index contributed by atoms with van der Waals surface area (Å²) < 4.78 is 22.5. The van der Waals surface area contributed by atoms with Crippen LogP contribution in [0.15, 0.2) is 66.2 Å². The summed E-state index contributed by atoms with van der Waals surface area (Å²) in [6, 6.07) is 18.3. The van der Waals surface area contributed by atoms with Gasteiger partial charge in [0, 0.05) is 25.3 Å². The molecular weight excluding hydrogens is 646 g/mol. The van der Waals surface area contributed by atoms with Crippen molar-refractivity contribution < 1.29 is 23.7 Å². The van der Waals surface area contributed by atoms with E-state index in [0.29, 0.717) is 69.9 Å². The number of nitrogens with zero attached hydrogens (tertiary/aromatic N) is 1. The van der Waals surface area contributed by atoms with E-state index in [-0.39, 0.29) is 31.4 Å². The van der Waals surface area contributed by atoms with E-state index in [1.165, 1.54) is 0 Å². The van der Waals surface area contributed by atoms with E-state index in [2.05, 4.69) is 5.32 Å². The van der Waals surface area contributed by atoms with Crippen molar-refractivity contribution in [2.45, 2.75) is 37.9 Å². The zero-order valence-electron chi connectivity index (χ0n) is 24.3. The van der Waals surface area contributed by atoms with Gasteiger partial charge < -0.3 is 29.2 Å². The van der Waals surface area contributed by atoms with Crippen LogP contribution in [0.4, 0.5) is 0 Å². The van der Waals surface area contributed by atoms with E-state index in [1.54, 1.807) is 31.4 Å². The third kappa shape index (κ3) is 8.20. The van der Waals surface area contributed by atoms with Gasteiger partial charge in [-0.25, -0.2) is 0 Å². The van der Waals surface area contributed by atoms with Crippen LogP contribution in [0, 0.1) is 0 Å². The zero-order valence-corrected chi connectivity index (χ0v) is 27.3. The van der Waals surface area contributed by atoms with Crippen molar-refractivity contribution in [3.8, 4) is 11.5 Å². The van der Waals surface area contributed by atoms with E-state index >= 15 is 0 Å². The Morgan fingerprint density at radius 3 is 2.30 bits per heavy atom. The molecular formula is C33H34Cl4N2O5. The van der Waals surface area contributed by atoms with Crippen LogP contribution < -0.4 is 14.8 Å². The van der Waals surface area contributed by atoms with Gasteiger partial charge in [-0.2, -0.15) is 0 Å². The fraction of sp³-hybridized carbons (Fsp3) is 0.364. The van der Waals surface area contributed by atoms with Gasteiger partial charge in [0.1, 0.15) is 25.8 Å². The van der Waals surface area contributed by atoms with Gasteiger partial charge >= 0.3 is 0 Å². The Morgan fingerprint density at radius 1 is 0.909 bits per heavy atom. The topological polar surface area (TPSA) is 69.3 Å². The normalized spacial score (nSPS) is 16.6. The molecule has 1 saturated carbocycles. The van der Waals surface area contributed by atoms with Crippen LogP contribution in [-0.4, -0.2) is 63.2 Å². The highest BCUT2D eigenvalue weighted by atomic mass is 35.5. The number of hydrogen-bond acceptors (Lipinski definition) is 6. The molecule has 2 aliphatic rings. The van der Waals surface area contributed by atoms with Gasteiger partial charge in [-0.3, -0.25) is 4.79 Å². The van der Waals surface area contributed by atoms with E-state index in [1.807, 2.05) is 41.3 Å². The van der Waals surface area contributed by atoms with Crippen LogP contribution >= 0.6 is 46.4 Å². The van der Waals surface area contributed by atoms with E-state index in [9.17, 15) is 4.79 Å². The molecule has 0 aromatic heterocycles. The van der Waals surface area contributed by atoms with Gasteiger partial charge in [-0.05, 0) is 72.8 Å². The molecule has 1 N–H and O–H groups in total. The molecule has 1 heterocycles. The van der Waals surface area contributed by atoms with Crippen molar-refractivity contribution in [3.63, 3.8) is 0 Å². The molecule has 3 aromatic carbocycles. The maximum atomic E-state index is 14.4. The van der Waals surface area contributed by atoms with Gasteiger partial charge in [-0.15, -0.1) is 0 Å². The summed E-state index contributed by atoms with van der Waals surface area (Å²) in [7, 11) is 1.58. The van der Waals surface area contributed by atoms with E-state index in [4.69, 9.17) is 65.4 Å². The third-order valence-corrected chi connectivity index (χ3v) is 8.95. The van der Waals surface area contributed by atoms with Crippen molar-refractivity contribution in [2.75, 3.05) is 40.3 Å². The molecule has 1 amide bonds. The molecule has 0 spiro atoms. The number of rotatable bonds is 14. The van der Waals surface area contributed by atoms with Crippen molar-refractivity contribution in [1.82, 2.24) is 10.2 Å². The molecule has 1 aliphatic carbocycles. The number of ether oxygens (including phenoxy) is 4. The Kier molecular flexibility index (Phi) is 11.7. The molecule has 7 nitrogen and oxygen atoms in total. The summed E-state index contributed by atoms with van der Waals surface area (Å²) in [5.41, 5.74) is 3.44. The number of hydrogen-bond donors (Lipinski definition) is 1. The predicted molar refractivity (Wildman–Crippen MR) is 175 cm³/mol. The number of carbonyl (C=O) groups excluding carboxylic acids is 1. The second kappa shape index (κ2) is 15.7. The Balaban J connectivity index is 1.35. The minimum Gasteiger partial charge on any atom is -0.490 e. The third-order valence-electron chi connectivity index (χ3n) is 7.50. The Labute approximate surface area is 277 Å². The van der Waals surface area contributed by atoms with Gasteiger partial charge in [0.25, 0.3) is 5.91 Å². The Bertz CT molecular complexity index is 1460. The number of halogens is 4. The van der Waals surface area contributed by atoms with Crippen molar-refractivity contribution in [2.24, 2.45) is 0 Å². The molecule has 5 rings (SSSR count). The lowest BCUT2D eigenvalue weighted by Crippen LogP contribution is -2.47. The molecule has 0 radical (unpaired) electrons. The van der Waals surface area contributed by atoms with Crippen LogP contribution in [0.2, 0.25) is 20.1 Å². The average Bonchev–Trinajstić information content (AvgIpc) is 3.87. The van der Waals surface area contributed by atoms with Crippen molar-refractivity contribution in [1.29, 1.82) is 0 Å². The van der Waals surface area contributed by atoms with Crippen molar-refractivity contribution in [3.05, 3.63) is 97.5 Å². The predicted octanol–water partition coefficient (Wildman–Crippen LogP) is 7.69. The van der Waals surface area contributed by atoms with E-state index < -0.39 is 0 Å². The number of nitrogens with one attached hydrogen (secondary N) is 1. The fourth-order valence-corrected chi connectivity index (χ4v) is 6.11. The molecule has 0 bridgehead atoms. The van der Waals surface area contributed by atoms with E-state index in [0.717, 1.165) is 29.5 Å². The highest BCUT2D eigenvalue weighted by Gasteiger charge is 2.38. The largest absolute Gasteiger partial charge is 0.490 e. The first kappa shape index (κ1) is 32.9. The Morgan fingerprint density at radius 2 is 1.59 bits per heavy atom. The average molecular weight is 680 g/mol. The summed E-state index contributed by atoms with van der Waals surface area (Å²) in [5.74, 6) is 1.08. The minimum atomic E-state index is -0.304. The SMILES string of the molecule is COCOC[C@H]1NCCC(c2ccc(OCCOc3c(Cl)cccc3Cl)cc2)=C1C(=O)N(Cc1cccc(Cl)c1Cl)C1CC1. The molecule has 44 heavy (non-hydrogen) atoms. The van der Waals surface area contributed by atoms with Crippen LogP contribution in [0.5, 0.6) is 11.5 Å². The summed E-state index contributed by atoms with van der Waals surface area (Å²) >= 11 is 25.2. The van der Waals surface area contributed by atoms with Gasteiger partial charge in [0.15, 0.2) is 5.75 Å². The molecule has 0 unspecified atom stereocenters. The molecule has 234 valence electrons. The smallest absolute Gasteiger partial charge is 0.252 e. The van der Waals surface area contributed by atoms with Crippen molar-refractivity contribution >= 4 is 57.9 Å². The lowest BCUT2D eigenvalue weighted by Gasteiger charge is -2.33. The van der Waals surface area contributed by atoms with Crippen LogP contribution in [-0.2, 0) is 20.8 Å². The second-order valence-corrected chi connectivity index (χ2v) is 12.2. The Hall–Kier alpha value is -2.49. The standard InChI is InChI=1S/C33H34Cl4N2O5/c1-41-20-42-19-29-30(33(40)39(23-10-11-23)18-22-4-2-5-26(34)31(22)37)25(14-15-38-29)21-8-12-24(13-9-21)43-16-17-44-32-27(35)6-3-7-28(32)36/h2-9,12-13,23,29,38H,10-11,14-20H2,1H3/t29-/m1/s1. The monoisotopic (exact) mass is 678 g/mol. The quantitative estimate of drug-likeness (QED) is 0.139. The second-order valence-electron chi connectivity index (χ2n) is 10.6. The van der Waals surface area contributed by atoms with Crippen LogP contribution in [0.1, 0.15) is 30.4 Å². The molecule has 11 heteroatoms. The number of methoxy groups -OCH3 is 1. The molecule has 1 atom stereocenters. The number of para-hydroxylation sites is 1. The summed E-state index contributed by atoms with van der Waals surface area (Å²) in [6.07, 6.45) is 2.58. The van der Waals surface area contributed by atoms with Gasteiger partial charge in [-0.1, -0.05) is 76.7 Å². The molecule has 1 aliphatic heterocycles. The molecule has 1 fully saturated rings. The van der Waals surface area contributed by atoms with Crippen LogP contribution in [0.25, 0.3) is 5.57 Å². The maximum Gasteiger partial charge on any atom is 0.252 e. The number of carbonyl (C=O) groups is 1. The first-order valence-electron chi connectivity index (χ1n) is 14.4. The van der Waals surface area contributed by atoms with Crippen LogP contribution in [0.3, 0.4) is 0 Å². The van der Waals surface area contributed by atoms with Gasteiger partial charge in [0.05, 0.1) is 32.7 Å². The highest BCUT2D eigenvalue weighted by Crippen LogP contribution is 2.37. The summed E-state index contributed by atoms with van der Waals surface area (Å²) in [6.45, 7) is 2.09. The summed E-state index contributed by atoms with van der Waals surface area (Å²) in [5, 5.41) is 5.32. The fourth-order valence-electron chi connectivity index (χ4n) is 5.23. The lowest BCUT2D eigenvalue weighted by atomic mass is 9.88. The zero-order chi connectivity index (χ0) is 31.1. The lowest BCUT2D eigenvalue weighted by molar-refractivity contribution is -0.129. The minimum absolute atomic E-state index is 0.0348. The highest BCUT2D eigenvalue weighted by molar-refractivity contribution is 6.42. The molecule has 3 aromatic rings. The number of benzene rings is 3. The maximum absolute atomic E-state index is 14.4. The number of amides is 1. The van der Waals surface area contributed by atoms with Gasteiger partial charge in [0.2, 0.25) is 0 Å². The summed E-state index contributed by atoms with van der Waals surface area (Å²) in [4.78, 5) is 16.3. The molecule has 0 saturated heterocycles. The first-order chi connectivity index (χ1) is 21.4.